The van der Waals surface area contributed by atoms with E-state index in [0.29, 0.717) is 29.5 Å². The van der Waals surface area contributed by atoms with Crippen LogP contribution in [0.15, 0.2) is 42.0 Å². The Labute approximate surface area is 248 Å². The number of aromatic carboxylic acids is 1. The Balaban J connectivity index is 1.79. The summed E-state index contributed by atoms with van der Waals surface area (Å²) in [6.07, 6.45) is -7.90. The molecule has 15 heteroatoms. The number of allylic oxidation sites excluding steroid dienone is 1. The lowest BCUT2D eigenvalue weighted by Gasteiger charge is -2.33. The molecule has 0 saturated carbocycles. The van der Waals surface area contributed by atoms with E-state index in [1.165, 1.54) is 23.9 Å². The van der Waals surface area contributed by atoms with Gasteiger partial charge in [-0.2, -0.15) is 31.1 Å². The van der Waals surface area contributed by atoms with Crippen LogP contribution in [0.4, 0.5) is 42.4 Å². The Morgan fingerprint density at radius 3 is 2.50 bits per heavy atom. The summed E-state index contributed by atoms with van der Waals surface area (Å²) in [5.41, 5.74) is 0.196. The molecule has 0 amide bonds. The number of carbonyl (C=O) groups is 1. The van der Waals surface area contributed by atoms with Crippen molar-refractivity contribution in [3.05, 3.63) is 75.6 Å². The van der Waals surface area contributed by atoms with E-state index in [0.717, 1.165) is 24.3 Å². The lowest BCUT2D eigenvalue weighted by Crippen LogP contribution is -2.31. The fraction of sp³-hybridized carbons (Fsp3) is 0.448. The van der Waals surface area contributed by atoms with E-state index in [2.05, 4.69) is 15.4 Å². The highest BCUT2D eigenvalue weighted by Gasteiger charge is 2.37. The molecule has 1 N–H and O–H groups in total. The van der Waals surface area contributed by atoms with E-state index >= 15 is 0 Å². The van der Waals surface area contributed by atoms with Crippen molar-refractivity contribution in [2.45, 2.75) is 64.5 Å². The van der Waals surface area contributed by atoms with Gasteiger partial charge >= 0.3 is 18.3 Å². The molecular formula is C29H31F7N6O2. The molecule has 0 fully saturated rings. The molecule has 2 heterocycles. The van der Waals surface area contributed by atoms with Gasteiger partial charge in [0, 0.05) is 25.3 Å². The Hall–Kier alpha value is -4.17. The molecular weight excluding hydrogens is 597 g/mol. The maximum absolute atomic E-state index is 14.1. The Kier molecular flexibility index (Phi) is 9.54. The molecule has 3 aromatic rings. The standard InChI is InChI=1S/C29H31F7N6O2/c1-17(8-10-28(31,32)33)9-12-42(27-37-39-40(3)38-27)24-5-4-11-41(16-19-6-7-23(30)20(14-19)26(43)44)25-15-22(29(34,35)36)18(2)13-21(24)25/h6-8,13-15,24H,4-5,9-12,16H2,1-3H3,(H,43,44)/b17-8+. The van der Waals surface area contributed by atoms with E-state index in [1.54, 1.807) is 23.8 Å². The number of carboxylic acid groups (broad SMARTS) is 1. The lowest BCUT2D eigenvalue weighted by molar-refractivity contribution is -0.138. The minimum absolute atomic E-state index is 0.00329. The largest absolute Gasteiger partial charge is 0.478 e. The summed E-state index contributed by atoms with van der Waals surface area (Å²) >= 11 is 0. The van der Waals surface area contributed by atoms with Gasteiger partial charge in [-0.15, -0.1) is 5.10 Å². The van der Waals surface area contributed by atoms with Crippen molar-refractivity contribution in [2.24, 2.45) is 7.05 Å². The first-order valence-electron chi connectivity index (χ1n) is 13.7. The van der Waals surface area contributed by atoms with E-state index in [1.807, 2.05) is 0 Å². The first-order chi connectivity index (χ1) is 20.5. The molecule has 4 rings (SSSR count). The number of fused-ring (bicyclic) bond motifs is 1. The van der Waals surface area contributed by atoms with Gasteiger partial charge in [-0.1, -0.05) is 28.9 Å². The summed E-state index contributed by atoms with van der Waals surface area (Å²) in [4.78, 5) is 16.2. The molecule has 8 nitrogen and oxygen atoms in total. The van der Waals surface area contributed by atoms with Crippen LogP contribution in [0.2, 0.25) is 0 Å². The number of aromatic nitrogens is 4. The summed E-state index contributed by atoms with van der Waals surface area (Å²) in [5.74, 6) is -2.23. The maximum Gasteiger partial charge on any atom is 0.416 e. The molecule has 0 radical (unpaired) electrons. The van der Waals surface area contributed by atoms with Crippen LogP contribution in [0.25, 0.3) is 0 Å². The number of aryl methyl sites for hydroxylation is 2. The summed E-state index contributed by atoms with van der Waals surface area (Å²) in [5, 5.41) is 21.6. The number of halogens is 7. The SMILES string of the molecule is C/C(=C\CC(F)(F)F)CCN(c1nnn(C)n1)C1CCCN(Cc2ccc(F)c(C(=O)O)c2)c2cc(C(F)(F)F)c(C)cc21. The Morgan fingerprint density at radius 2 is 1.89 bits per heavy atom. The smallest absolute Gasteiger partial charge is 0.416 e. The number of hydrogen-bond acceptors (Lipinski definition) is 6. The minimum atomic E-state index is -4.66. The van der Waals surface area contributed by atoms with E-state index < -0.39 is 47.7 Å². The highest BCUT2D eigenvalue weighted by molar-refractivity contribution is 5.88. The van der Waals surface area contributed by atoms with Gasteiger partial charge in [0.05, 0.1) is 30.6 Å². The third-order valence-electron chi connectivity index (χ3n) is 7.48. The zero-order valence-corrected chi connectivity index (χ0v) is 24.2. The normalized spacial score (nSPS) is 16.1. The highest BCUT2D eigenvalue weighted by Crippen LogP contribution is 2.43. The third-order valence-corrected chi connectivity index (χ3v) is 7.48. The van der Waals surface area contributed by atoms with Gasteiger partial charge in [0.2, 0.25) is 0 Å². The number of nitrogens with zero attached hydrogens (tertiary/aromatic N) is 6. The van der Waals surface area contributed by atoms with Crippen LogP contribution in [0.5, 0.6) is 0 Å². The molecule has 0 aliphatic carbocycles. The van der Waals surface area contributed by atoms with Crippen LogP contribution in [0.3, 0.4) is 0 Å². The molecule has 2 aromatic carbocycles. The van der Waals surface area contributed by atoms with Crippen LogP contribution in [0.1, 0.15) is 71.3 Å². The van der Waals surface area contributed by atoms with Crippen LogP contribution in [-0.2, 0) is 19.8 Å². The van der Waals surface area contributed by atoms with E-state index in [-0.39, 0.29) is 43.3 Å². The highest BCUT2D eigenvalue weighted by atomic mass is 19.4. The molecule has 238 valence electrons. The van der Waals surface area contributed by atoms with Crippen LogP contribution >= 0.6 is 0 Å². The second-order valence-electron chi connectivity index (χ2n) is 10.8. The van der Waals surface area contributed by atoms with Crippen molar-refractivity contribution < 1.29 is 40.6 Å². The second kappa shape index (κ2) is 12.8. The molecule has 0 saturated heterocycles. The minimum Gasteiger partial charge on any atom is -0.478 e. The third kappa shape index (κ3) is 7.85. The topological polar surface area (TPSA) is 87.4 Å². The van der Waals surface area contributed by atoms with Gasteiger partial charge < -0.3 is 14.9 Å². The molecule has 1 aliphatic rings. The summed E-state index contributed by atoms with van der Waals surface area (Å²) in [6.45, 7) is 3.38. The van der Waals surface area contributed by atoms with Gasteiger partial charge in [0.15, 0.2) is 0 Å². The average Bonchev–Trinajstić information content (AvgIpc) is 3.28. The fourth-order valence-corrected chi connectivity index (χ4v) is 5.33. The molecule has 1 atom stereocenters. The first-order valence-corrected chi connectivity index (χ1v) is 13.7. The maximum atomic E-state index is 14.1. The van der Waals surface area contributed by atoms with E-state index in [4.69, 9.17) is 0 Å². The molecule has 44 heavy (non-hydrogen) atoms. The second-order valence-corrected chi connectivity index (χ2v) is 10.8. The summed E-state index contributed by atoms with van der Waals surface area (Å²) < 4.78 is 94.7. The summed E-state index contributed by atoms with van der Waals surface area (Å²) in [7, 11) is 1.54. The number of tetrazole rings is 1. The van der Waals surface area contributed by atoms with Crippen molar-refractivity contribution in [3.8, 4) is 0 Å². The zero-order chi connectivity index (χ0) is 32.4. The van der Waals surface area contributed by atoms with Crippen LogP contribution in [-0.4, -0.2) is 50.5 Å². The lowest BCUT2D eigenvalue weighted by atomic mass is 9.94. The average molecular weight is 629 g/mol. The molecule has 0 bridgehead atoms. The number of benzene rings is 2. The fourth-order valence-electron chi connectivity index (χ4n) is 5.33. The van der Waals surface area contributed by atoms with Crippen molar-refractivity contribution in [1.29, 1.82) is 0 Å². The summed E-state index contributed by atoms with van der Waals surface area (Å²) in [6, 6.07) is 5.48. The first kappa shape index (κ1) is 32.7. The van der Waals surface area contributed by atoms with Crippen molar-refractivity contribution in [3.63, 3.8) is 0 Å². The van der Waals surface area contributed by atoms with Crippen molar-refractivity contribution in [1.82, 2.24) is 20.2 Å². The monoisotopic (exact) mass is 628 g/mol. The number of rotatable bonds is 9. The van der Waals surface area contributed by atoms with Crippen molar-refractivity contribution in [2.75, 3.05) is 22.9 Å². The van der Waals surface area contributed by atoms with Gasteiger partial charge in [0.25, 0.3) is 5.95 Å². The van der Waals surface area contributed by atoms with Gasteiger partial charge in [-0.3, -0.25) is 0 Å². The van der Waals surface area contributed by atoms with Crippen LogP contribution in [0, 0.1) is 12.7 Å². The molecule has 0 spiro atoms. The molecule has 1 unspecified atom stereocenters. The van der Waals surface area contributed by atoms with Crippen LogP contribution < -0.4 is 9.80 Å². The predicted molar refractivity (Wildman–Crippen MR) is 148 cm³/mol. The number of carboxylic acids is 1. The molecule has 1 aliphatic heterocycles. The Bertz CT molecular complexity index is 1530. The zero-order valence-electron chi connectivity index (χ0n) is 24.2. The quantitative estimate of drug-likeness (QED) is 0.202. The van der Waals surface area contributed by atoms with Gasteiger partial charge in [-0.05, 0) is 73.2 Å². The predicted octanol–water partition coefficient (Wildman–Crippen LogP) is 7.01. The van der Waals surface area contributed by atoms with Gasteiger partial charge in [-0.25, -0.2) is 9.18 Å². The van der Waals surface area contributed by atoms with Crippen molar-refractivity contribution >= 4 is 17.6 Å². The van der Waals surface area contributed by atoms with E-state index in [9.17, 15) is 40.6 Å². The van der Waals surface area contributed by atoms with Gasteiger partial charge in [0.1, 0.15) is 5.82 Å². The number of anilines is 2. The number of hydrogen-bond donors (Lipinski definition) is 1. The number of alkyl halides is 6. The molecule has 1 aromatic heterocycles. The Morgan fingerprint density at radius 1 is 1.16 bits per heavy atom.